The van der Waals surface area contributed by atoms with Crippen molar-refractivity contribution in [1.29, 1.82) is 0 Å². The standard InChI is InChI=1S/C16H20ClFN2O/c1-11-9-19(12-5-6-12)7-8-20(10-11)16(21)13-3-2-4-14(17)15(13)18/h2-4,11-12H,5-10H2,1H3. The van der Waals surface area contributed by atoms with Crippen LogP contribution in [0.25, 0.3) is 0 Å². The quantitative estimate of drug-likeness (QED) is 0.838. The van der Waals surface area contributed by atoms with Gasteiger partial charge in [0.25, 0.3) is 5.91 Å². The summed E-state index contributed by atoms with van der Waals surface area (Å²) >= 11 is 5.78. The highest BCUT2D eigenvalue weighted by Gasteiger charge is 2.33. The Balaban J connectivity index is 1.76. The number of nitrogens with zero attached hydrogens (tertiary/aromatic N) is 2. The van der Waals surface area contributed by atoms with E-state index in [1.165, 1.54) is 25.0 Å². The van der Waals surface area contributed by atoms with Crippen LogP contribution in [-0.4, -0.2) is 47.9 Å². The number of amides is 1. The van der Waals surface area contributed by atoms with E-state index in [2.05, 4.69) is 11.8 Å². The van der Waals surface area contributed by atoms with Gasteiger partial charge in [-0.05, 0) is 30.9 Å². The Kier molecular flexibility index (Phi) is 4.18. The maximum absolute atomic E-state index is 14.0. The van der Waals surface area contributed by atoms with Crippen LogP contribution in [0.5, 0.6) is 0 Å². The van der Waals surface area contributed by atoms with E-state index >= 15 is 0 Å². The molecule has 0 radical (unpaired) electrons. The van der Waals surface area contributed by atoms with Crippen molar-refractivity contribution in [2.75, 3.05) is 26.2 Å². The van der Waals surface area contributed by atoms with Gasteiger partial charge in [-0.3, -0.25) is 9.69 Å². The van der Waals surface area contributed by atoms with Crippen molar-refractivity contribution in [2.45, 2.75) is 25.8 Å². The minimum atomic E-state index is -0.611. The van der Waals surface area contributed by atoms with Crippen molar-refractivity contribution < 1.29 is 9.18 Å². The normalized spacial score (nSPS) is 24.0. The maximum atomic E-state index is 14.0. The van der Waals surface area contributed by atoms with Gasteiger partial charge in [0, 0.05) is 32.2 Å². The fraction of sp³-hybridized carbons (Fsp3) is 0.562. The molecule has 1 atom stereocenters. The van der Waals surface area contributed by atoms with Gasteiger partial charge in [-0.2, -0.15) is 0 Å². The highest BCUT2D eigenvalue weighted by atomic mass is 35.5. The van der Waals surface area contributed by atoms with Crippen molar-refractivity contribution in [3.8, 4) is 0 Å². The van der Waals surface area contributed by atoms with Gasteiger partial charge in [0.15, 0.2) is 5.82 Å². The average molecular weight is 311 g/mol. The molecule has 1 aliphatic heterocycles. The number of carbonyl (C=O) groups excluding carboxylic acids is 1. The fourth-order valence-electron chi connectivity index (χ4n) is 3.06. The summed E-state index contributed by atoms with van der Waals surface area (Å²) in [7, 11) is 0. The molecule has 1 heterocycles. The first-order chi connectivity index (χ1) is 10.1. The van der Waals surface area contributed by atoms with E-state index < -0.39 is 5.82 Å². The third-order valence-corrected chi connectivity index (χ3v) is 4.56. The summed E-state index contributed by atoms with van der Waals surface area (Å²) in [5, 5.41) is 0.00308. The van der Waals surface area contributed by atoms with Gasteiger partial charge >= 0.3 is 0 Å². The third kappa shape index (κ3) is 3.22. The zero-order chi connectivity index (χ0) is 15.0. The van der Waals surface area contributed by atoms with Gasteiger partial charge in [-0.15, -0.1) is 0 Å². The van der Waals surface area contributed by atoms with Crippen LogP contribution >= 0.6 is 11.6 Å². The lowest BCUT2D eigenvalue weighted by Gasteiger charge is -2.22. The van der Waals surface area contributed by atoms with Crippen LogP contribution in [0.15, 0.2) is 18.2 Å². The molecule has 0 bridgehead atoms. The first-order valence-corrected chi connectivity index (χ1v) is 7.91. The number of halogens is 2. The average Bonchev–Trinajstić information content (AvgIpc) is 3.28. The van der Waals surface area contributed by atoms with Gasteiger partial charge < -0.3 is 4.90 Å². The monoisotopic (exact) mass is 310 g/mol. The first-order valence-electron chi connectivity index (χ1n) is 7.53. The van der Waals surface area contributed by atoms with Crippen LogP contribution < -0.4 is 0 Å². The molecule has 1 saturated carbocycles. The zero-order valence-electron chi connectivity index (χ0n) is 12.2. The summed E-state index contributed by atoms with van der Waals surface area (Å²) in [5.74, 6) is -0.459. The smallest absolute Gasteiger partial charge is 0.256 e. The number of rotatable bonds is 2. The minimum Gasteiger partial charge on any atom is -0.337 e. The zero-order valence-corrected chi connectivity index (χ0v) is 12.9. The Morgan fingerprint density at radius 1 is 1.29 bits per heavy atom. The van der Waals surface area contributed by atoms with E-state index in [9.17, 15) is 9.18 Å². The second-order valence-corrected chi connectivity index (χ2v) is 6.59. The summed E-state index contributed by atoms with van der Waals surface area (Å²) in [6, 6.07) is 5.30. The van der Waals surface area contributed by atoms with E-state index in [4.69, 9.17) is 11.6 Å². The molecule has 21 heavy (non-hydrogen) atoms. The van der Waals surface area contributed by atoms with Crippen molar-refractivity contribution in [1.82, 2.24) is 9.80 Å². The van der Waals surface area contributed by atoms with E-state index in [1.807, 2.05) is 0 Å². The molecular formula is C16H20ClFN2O. The topological polar surface area (TPSA) is 23.6 Å². The second kappa shape index (κ2) is 5.93. The maximum Gasteiger partial charge on any atom is 0.256 e. The number of hydrogen-bond donors (Lipinski definition) is 0. The highest BCUT2D eigenvalue weighted by Crippen LogP contribution is 2.29. The molecule has 3 nitrogen and oxygen atoms in total. The number of hydrogen-bond acceptors (Lipinski definition) is 2. The minimum absolute atomic E-state index is 0.00308. The van der Waals surface area contributed by atoms with Crippen molar-refractivity contribution in [3.63, 3.8) is 0 Å². The summed E-state index contributed by atoms with van der Waals surface area (Å²) < 4.78 is 14.0. The summed E-state index contributed by atoms with van der Waals surface area (Å²) in [6.07, 6.45) is 2.53. The summed E-state index contributed by atoms with van der Waals surface area (Å²) in [5.41, 5.74) is 0.0783. The van der Waals surface area contributed by atoms with Crippen LogP contribution in [0.2, 0.25) is 5.02 Å². The molecule has 1 aromatic carbocycles. The molecule has 1 amide bonds. The number of benzene rings is 1. The van der Waals surface area contributed by atoms with Crippen molar-refractivity contribution >= 4 is 17.5 Å². The predicted octanol–water partition coefficient (Wildman–Crippen LogP) is 3.04. The Bertz CT molecular complexity index is 547. The molecule has 1 aromatic rings. The molecule has 0 spiro atoms. The molecule has 1 aliphatic carbocycles. The van der Waals surface area contributed by atoms with Gasteiger partial charge in [-0.1, -0.05) is 24.6 Å². The predicted molar refractivity (Wildman–Crippen MR) is 81.1 cm³/mol. The summed E-state index contributed by atoms with van der Waals surface area (Å²) in [6.45, 7) is 5.38. The lowest BCUT2D eigenvalue weighted by Crippen LogP contribution is -2.36. The Labute approximate surface area is 129 Å². The SMILES string of the molecule is CC1CN(C(=O)c2cccc(Cl)c2F)CCN(C2CC2)C1. The lowest BCUT2D eigenvalue weighted by atomic mass is 10.1. The van der Waals surface area contributed by atoms with Crippen LogP contribution in [-0.2, 0) is 0 Å². The molecule has 114 valence electrons. The molecule has 1 unspecified atom stereocenters. The number of carbonyl (C=O) groups is 1. The van der Waals surface area contributed by atoms with Gasteiger partial charge in [0.2, 0.25) is 0 Å². The Hall–Kier alpha value is -1.13. The molecule has 3 rings (SSSR count). The third-order valence-electron chi connectivity index (χ3n) is 4.27. The lowest BCUT2D eigenvalue weighted by molar-refractivity contribution is 0.0744. The van der Waals surface area contributed by atoms with Gasteiger partial charge in [-0.25, -0.2) is 4.39 Å². The van der Waals surface area contributed by atoms with E-state index in [0.717, 1.165) is 13.1 Å². The molecule has 5 heteroatoms. The molecule has 2 aliphatic rings. The van der Waals surface area contributed by atoms with E-state index in [0.29, 0.717) is 25.0 Å². The molecule has 0 aromatic heterocycles. The molecule has 1 saturated heterocycles. The van der Waals surface area contributed by atoms with Crippen molar-refractivity contribution in [3.05, 3.63) is 34.6 Å². The van der Waals surface area contributed by atoms with Crippen LogP contribution in [0, 0.1) is 11.7 Å². The highest BCUT2D eigenvalue weighted by molar-refractivity contribution is 6.31. The van der Waals surface area contributed by atoms with Crippen LogP contribution in [0.1, 0.15) is 30.1 Å². The first kappa shape index (κ1) is 14.8. The second-order valence-electron chi connectivity index (χ2n) is 6.18. The van der Waals surface area contributed by atoms with E-state index in [1.54, 1.807) is 11.0 Å². The summed E-state index contributed by atoms with van der Waals surface area (Å²) in [4.78, 5) is 16.8. The van der Waals surface area contributed by atoms with E-state index in [-0.39, 0.29) is 16.5 Å². The Morgan fingerprint density at radius 2 is 2.05 bits per heavy atom. The fourth-order valence-corrected chi connectivity index (χ4v) is 3.24. The van der Waals surface area contributed by atoms with Gasteiger partial charge in [0.05, 0.1) is 10.6 Å². The molecule has 2 fully saturated rings. The Morgan fingerprint density at radius 3 is 2.76 bits per heavy atom. The van der Waals surface area contributed by atoms with Crippen LogP contribution in [0.4, 0.5) is 4.39 Å². The molecule has 0 N–H and O–H groups in total. The van der Waals surface area contributed by atoms with Gasteiger partial charge in [0.1, 0.15) is 0 Å². The van der Waals surface area contributed by atoms with Crippen LogP contribution in [0.3, 0.4) is 0 Å². The molecular weight excluding hydrogens is 291 g/mol. The largest absolute Gasteiger partial charge is 0.337 e. The van der Waals surface area contributed by atoms with Crippen molar-refractivity contribution in [2.24, 2.45) is 5.92 Å².